The number of pyridine rings is 1. The summed E-state index contributed by atoms with van der Waals surface area (Å²) in [4.78, 5) is 21.1. The fourth-order valence-electron chi connectivity index (χ4n) is 4.01. The van der Waals surface area contributed by atoms with Crippen molar-refractivity contribution in [2.24, 2.45) is 0 Å². The number of nitrogens with one attached hydrogen (secondary N) is 1. The van der Waals surface area contributed by atoms with Crippen molar-refractivity contribution in [1.82, 2.24) is 15.2 Å². The standard InChI is InChI=1S/C23H26FN3OS/c1-16-6-2-3-11-27(16)12-5-10-25-23(28)19-15-21(22-7-4-13-29-22)26-20-9-8-17(24)14-18(19)20/h4,7-9,13-16H,2-3,5-6,10-12H2,1H3,(H,25,28). The number of likely N-dealkylation sites (tertiary alicyclic amines) is 1. The van der Waals surface area contributed by atoms with E-state index in [-0.39, 0.29) is 11.7 Å². The van der Waals surface area contributed by atoms with Gasteiger partial charge in [-0.3, -0.25) is 4.79 Å². The molecule has 1 saturated heterocycles. The molecule has 0 spiro atoms. The van der Waals surface area contributed by atoms with Gasteiger partial charge < -0.3 is 10.2 Å². The van der Waals surface area contributed by atoms with Crippen molar-refractivity contribution < 1.29 is 9.18 Å². The molecule has 0 bridgehead atoms. The van der Waals surface area contributed by atoms with E-state index in [0.29, 0.717) is 29.1 Å². The first-order chi connectivity index (χ1) is 14.1. The van der Waals surface area contributed by atoms with Crippen LogP contribution in [0.5, 0.6) is 0 Å². The normalized spacial score (nSPS) is 17.5. The Balaban J connectivity index is 1.49. The molecular formula is C23H26FN3OS. The molecule has 2 aromatic heterocycles. The van der Waals surface area contributed by atoms with Crippen LogP contribution in [0.3, 0.4) is 0 Å². The molecule has 29 heavy (non-hydrogen) atoms. The van der Waals surface area contributed by atoms with Crippen molar-refractivity contribution in [3.63, 3.8) is 0 Å². The van der Waals surface area contributed by atoms with Crippen LogP contribution in [0.15, 0.2) is 41.8 Å². The number of carbonyl (C=O) groups excluding carboxylic acids is 1. The molecule has 4 rings (SSSR count). The summed E-state index contributed by atoms with van der Waals surface area (Å²) in [5.41, 5.74) is 1.85. The molecule has 0 radical (unpaired) electrons. The van der Waals surface area contributed by atoms with Gasteiger partial charge in [-0.15, -0.1) is 11.3 Å². The molecule has 6 heteroatoms. The second-order valence-electron chi connectivity index (χ2n) is 7.68. The second-order valence-corrected chi connectivity index (χ2v) is 8.63. The van der Waals surface area contributed by atoms with Crippen molar-refractivity contribution in [2.45, 2.75) is 38.6 Å². The average Bonchev–Trinajstić information content (AvgIpc) is 3.26. The van der Waals surface area contributed by atoms with Gasteiger partial charge in [0.15, 0.2) is 0 Å². The minimum absolute atomic E-state index is 0.174. The molecule has 3 aromatic rings. The number of piperidine rings is 1. The third kappa shape index (κ3) is 4.65. The molecule has 1 amide bonds. The van der Waals surface area contributed by atoms with Gasteiger partial charge in [0.05, 0.1) is 21.7 Å². The number of amides is 1. The van der Waals surface area contributed by atoms with E-state index in [1.54, 1.807) is 23.5 Å². The van der Waals surface area contributed by atoms with Crippen LogP contribution >= 0.6 is 11.3 Å². The third-order valence-electron chi connectivity index (χ3n) is 5.64. The van der Waals surface area contributed by atoms with Crippen molar-refractivity contribution >= 4 is 28.1 Å². The number of halogens is 1. The van der Waals surface area contributed by atoms with Gasteiger partial charge >= 0.3 is 0 Å². The van der Waals surface area contributed by atoms with E-state index >= 15 is 0 Å². The summed E-state index contributed by atoms with van der Waals surface area (Å²) in [5.74, 6) is -0.538. The summed E-state index contributed by atoms with van der Waals surface area (Å²) in [6.45, 7) is 5.03. The number of benzene rings is 1. The van der Waals surface area contributed by atoms with E-state index in [1.165, 1.54) is 31.4 Å². The van der Waals surface area contributed by atoms with Gasteiger partial charge in [-0.25, -0.2) is 9.37 Å². The Kier molecular flexibility index (Phi) is 6.21. The van der Waals surface area contributed by atoms with Crippen molar-refractivity contribution in [3.8, 4) is 10.6 Å². The van der Waals surface area contributed by atoms with Crippen LogP contribution in [-0.4, -0.2) is 41.5 Å². The molecule has 4 nitrogen and oxygen atoms in total. The Hall–Kier alpha value is -2.31. The molecule has 152 valence electrons. The molecule has 1 aromatic carbocycles. The van der Waals surface area contributed by atoms with E-state index in [0.717, 1.165) is 30.1 Å². The van der Waals surface area contributed by atoms with Crippen LogP contribution in [-0.2, 0) is 0 Å². The van der Waals surface area contributed by atoms with E-state index in [2.05, 4.69) is 22.1 Å². The number of hydrogen-bond donors (Lipinski definition) is 1. The molecular weight excluding hydrogens is 385 g/mol. The summed E-state index contributed by atoms with van der Waals surface area (Å²) in [7, 11) is 0. The van der Waals surface area contributed by atoms with Crippen molar-refractivity contribution in [3.05, 3.63) is 53.2 Å². The summed E-state index contributed by atoms with van der Waals surface area (Å²) >= 11 is 1.57. The highest BCUT2D eigenvalue weighted by Gasteiger charge is 2.18. The van der Waals surface area contributed by atoms with E-state index in [9.17, 15) is 9.18 Å². The van der Waals surface area contributed by atoms with Crippen LogP contribution in [0, 0.1) is 5.82 Å². The lowest BCUT2D eigenvalue weighted by atomic mass is 10.0. The van der Waals surface area contributed by atoms with E-state index in [1.807, 2.05) is 17.5 Å². The molecule has 0 saturated carbocycles. The summed E-state index contributed by atoms with van der Waals surface area (Å²) in [6.07, 6.45) is 4.74. The van der Waals surface area contributed by atoms with Crippen LogP contribution in [0.1, 0.15) is 43.0 Å². The lowest BCUT2D eigenvalue weighted by Gasteiger charge is -2.33. The zero-order valence-corrected chi connectivity index (χ0v) is 17.5. The molecule has 1 fully saturated rings. The highest BCUT2D eigenvalue weighted by molar-refractivity contribution is 7.13. The van der Waals surface area contributed by atoms with Crippen LogP contribution in [0.2, 0.25) is 0 Å². The third-order valence-corrected chi connectivity index (χ3v) is 6.53. The number of carbonyl (C=O) groups is 1. The van der Waals surface area contributed by atoms with Gasteiger partial charge in [-0.2, -0.15) is 0 Å². The van der Waals surface area contributed by atoms with Crippen molar-refractivity contribution in [1.29, 1.82) is 0 Å². The Morgan fingerprint density at radius 2 is 2.21 bits per heavy atom. The molecule has 1 unspecified atom stereocenters. The highest BCUT2D eigenvalue weighted by Crippen LogP contribution is 2.28. The Morgan fingerprint density at radius 3 is 3.00 bits per heavy atom. The lowest BCUT2D eigenvalue weighted by Crippen LogP contribution is -2.39. The van der Waals surface area contributed by atoms with Crippen LogP contribution < -0.4 is 5.32 Å². The van der Waals surface area contributed by atoms with Crippen molar-refractivity contribution in [2.75, 3.05) is 19.6 Å². The monoisotopic (exact) mass is 411 g/mol. The Labute approximate surface area is 174 Å². The molecule has 1 atom stereocenters. The number of rotatable bonds is 6. The predicted molar refractivity (Wildman–Crippen MR) is 117 cm³/mol. The lowest BCUT2D eigenvalue weighted by molar-refractivity contribution is 0.0950. The van der Waals surface area contributed by atoms with Gasteiger partial charge in [0, 0.05) is 24.5 Å². The molecule has 0 aliphatic carbocycles. The van der Waals surface area contributed by atoms with Gasteiger partial charge in [0.1, 0.15) is 5.82 Å². The molecule has 3 heterocycles. The van der Waals surface area contributed by atoms with Gasteiger partial charge in [0.2, 0.25) is 0 Å². The largest absolute Gasteiger partial charge is 0.352 e. The first kappa shape index (κ1) is 20.0. The minimum atomic E-state index is -0.365. The fraction of sp³-hybridized carbons (Fsp3) is 0.391. The summed E-state index contributed by atoms with van der Waals surface area (Å²) < 4.78 is 13.8. The zero-order valence-electron chi connectivity index (χ0n) is 16.7. The molecule has 1 aliphatic rings. The zero-order chi connectivity index (χ0) is 20.2. The first-order valence-corrected chi connectivity index (χ1v) is 11.2. The Bertz CT molecular complexity index is 989. The summed E-state index contributed by atoms with van der Waals surface area (Å²) in [6, 6.07) is 10.7. The first-order valence-electron chi connectivity index (χ1n) is 10.3. The van der Waals surface area contributed by atoms with E-state index < -0.39 is 0 Å². The van der Waals surface area contributed by atoms with Crippen LogP contribution in [0.25, 0.3) is 21.5 Å². The second kappa shape index (κ2) is 9.01. The summed E-state index contributed by atoms with van der Waals surface area (Å²) in [5, 5.41) is 5.55. The SMILES string of the molecule is CC1CCCCN1CCCNC(=O)c1cc(-c2cccs2)nc2ccc(F)cc12. The average molecular weight is 412 g/mol. The predicted octanol–water partition coefficient (Wildman–Crippen LogP) is 5.10. The minimum Gasteiger partial charge on any atom is -0.352 e. The maximum atomic E-state index is 13.8. The maximum absolute atomic E-state index is 13.8. The van der Waals surface area contributed by atoms with Gasteiger partial charge in [0.25, 0.3) is 5.91 Å². The Morgan fingerprint density at radius 1 is 1.31 bits per heavy atom. The van der Waals surface area contributed by atoms with Crippen LogP contribution in [0.4, 0.5) is 4.39 Å². The number of aromatic nitrogens is 1. The smallest absolute Gasteiger partial charge is 0.252 e. The highest BCUT2D eigenvalue weighted by atomic mass is 32.1. The topological polar surface area (TPSA) is 45.2 Å². The number of fused-ring (bicyclic) bond motifs is 1. The maximum Gasteiger partial charge on any atom is 0.252 e. The molecule has 1 N–H and O–H groups in total. The number of thiophene rings is 1. The fourth-order valence-corrected chi connectivity index (χ4v) is 4.69. The molecule has 1 aliphatic heterocycles. The number of nitrogens with zero attached hydrogens (tertiary/aromatic N) is 2. The quantitative estimate of drug-likeness (QED) is 0.574. The number of hydrogen-bond acceptors (Lipinski definition) is 4. The van der Waals surface area contributed by atoms with E-state index in [4.69, 9.17) is 0 Å². The van der Waals surface area contributed by atoms with Gasteiger partial charge in [-0.1, -0.05) is 12.5 Å². The van der Waals surface area contributed by atoms with Gasteiger partial charge in [-0.05, 0) is 68.4 Å².